The van der Waals surface area contributed by atoms with Crippen LogP contribution in [-0.4, -0.2) is 33.9 Å². The number of ether oxygens (including phenoxy) is 3. The van der Waals surface area contributed by atoms with Gasteiger partial charge in [0.25, 0.3) is 0 Å². The van der Waals surface area contributed by atoms with Crippen molar-refractivity contribution in [1.29, 1.82) is 0 Å². The van der Waals surface area contributed by atoms with E-state index in [0.717, 1.165) is 43.1 Å². The van der Waals surface area contributed by atoms with Crippen LogP contribution in [0.5, 0.6) is 17.2 Å². The lowest BCUT2D eigenvalue weighted by atomic mass is 10.1. The van der Waals surface area contributed by atoms with Crippen LogP contribution in [-0.2, 0) is 12.8 Å². The zero-order valence-electron chi connectivity index (χ0n) is 15.7. The summed E-state index contributed by atoms with van der Waals surface area (Å²) in [5, 5.41) is 3.59. The molecule has 0 radical (unpaired) electrons. The molecule has 4 heteroatoms. The van der Waals surface area contributed by atoms with Gasteiger partial charge in [-0.3, -0.25) is 0 Å². The number of aryl methyl sites for hydroxylation is 1. The van der Waals surface area contributed by atoms with Crippen LogP contribution in [0, 0.1) is 0 Å². The van der Waals surface area contributed by atoms with E-state index in [4.69, 9.17) is 14.2 Å². The Morgan fingerprint density at radius 3 is 2.12 bits per heavy atom. The van der Waals surface area contributed by atoms with Crippen molar-refractivity contribution in [3.63, 3.8) is 0 Å². The first-order chi connectivity index (χ1) is 12.2. The van der Waals surface area contributed by atoms with E-state index in [1.807, 2.05) is 24.3 Å². The smallest absolute Gasteiger partial charge is 0.160 e. The Balaban J connectivity index is 1.73. The Kier molecular flexibility index (Phi) is 7.61. The molecule has 0 aliphatic heterocycles. The van der Waals surface area contributed by atoms with Crippen LogP contribution < -0.4 is 19.5 Å². The lowest BCUT2D eigenvalue weighted by Gasteiger charge is -2.15. The van der Waals surface area contributed by atoms with Crippen LogP contribution in [0.1, 0.15) is 24.5 Å². The second kappa shape index (κ2) is 9.94. The molecule has 1 N–H and O–H groups in total. The monoisotopic (exact) mass is 343 g/mol. The molecule has 0 spiro atoms. The molecule has 0 aromatic heterocycles. The van der Waals surface area contributed by atoms with E-state index in [0.29, 0.717) is 6.04 Å². The van der Waals surface area contributed by atoms with Gasteiger partial charge in [0.05, 0.1) is 21.3 Å². The third kappa shape index (κ3) is 5.98. The van der Waals surface area contributed by atoms with Crippen LogP contribution in [0.2, 0.25) is 0 Å². The highest BCUT2D eigenvalue weighted by molar-refractivity contribution is 5.42. The summed E-state index contributed by atoms with van der Waals surface area (Å²) < 4.78 is 15.8. The molecule has 136 valence electrons. The Labute approximate surface area is 151 Å². The van der Waals surface area contributed by atoms with Gasteiger partial charge in [-0.15, -0.1) is 0 Å². The minimum Gasteiger partial charge on any atom is -0.497 e. The highest BCUT2D eigenvalue weighted by Crippen LogP contribution is 2.27. The Morgan fingerprint density at radius 1 is 0.800 bits per heavy atom. The van der Waals surface area contributed by atoms with Gasteiger partial charge in [-0.2, -0.15) is 0 Å². The lowest BCUT2D eigenvalue weighted by Crippen LogP contribution is -2.28. The fraction of sp³-hybridized carbons (Fsp3) is 0.429. The second-order valence-electron chi connectivity index (χ2n) is 6.18. The molecule has 0 saturated carbocycles. The molecule has 0 saturated heterocycles. The number of nitrogens with one attached hydrogen (secondary N) is 1. The van der Waals surface area contributed by atoms with E-state index in [-0.39, 0.29) is 0 Å². The predicted octanol–water partition coefficient (Wildman–Crippen LogP) is 3.87. The van der Waals surface area contributed by atoms with Crippen LogP contribution in [0.15, 0.2) is 42.5 Å². The van der Waals surface area contributed by atoms with E-state index >= 15 is 0 Å². The Hall–Kier alpha value is -2.20. The molecule has 0 heterocycles. The van der Waals surface area contributed by atoms with Crippen molar-refractivity contribution in [2.45, 2.75) is 32.2 Å². The van der Waals surface area contributed by atoms with Gasteiger partial charge in [-0.25, -0.2) is 0 Å². The molecular formula is C21H29NO3. The first-order valence-electron chi connectivity index (χ1n) is 8.73. The maximum atomic E-state index is 5.35. The molecule has 2 rings (SSSR count). The van der Waals surface area contributed by atoms with Crippen LogP contribution in [0.25, 0.3) is 0 Å². The first kappa shape index (κ1) is 19.1. The summed E-state index contributed by atoms with van der Waals surface area (Å²) in [6.07, 6.45) is 3.14. The zero-order valence-corrected chi connectivity index (χ0v) is 15.7. The predicted molar refractivity (Wildman–Crippen MR) is 102 cm³/mol. The van der Waals surface area contributed by atoms with Crippen molar-refractivity contribution in [3.05, 3.63) is 53.6 Å². The van der Waals surface area contributed by atoms with Crippen molar-refractivity contribution in [2.75, 3.05) is 27.9 Å². The summed E-state index contributed by atoms with van der Waals surface area (Å²) in [7, 11) is 5.02. The largest absolute Gasteiger partial charge is 0.497 e. The standard InChI is InChI=1S/C21H29NO3/c1-16(5-6-17-7-10-19(23-2)11-8-17)22-14-13-18-9-12-20(24-3)21(15-18)25-4/h7-12,15-16,22H,5-6,13-14H2,1-4H3/t16-/m1/s1. The van der Waals surface area contributed by atoms with E-state index in [1.54, 1.807) is 21.3 Å². The van der Waals surface area contributed by atoms with Crippen LogP contribution >= 0.6 is 0 Å². The van der Waals surface area contributed by atoms with E-state index in [2.05, 4.69) is 30.4 Å². The molecule has 0 aliphatic carbocycles. The SMILES string of the molecule is COc1ccc(CC[C@@H](C)NCCc2ccc(OC)c(OC)c2)cc1. The van der Waals surface area contributed by atoms with Gasteiger partial charge in [0.2, 0.25) is 0 Å². The quantitative estimate of drug-likeness (QED) is 0.711. The van der Waals surface area contributed by atoms with Gasteiger partial charge in [0.1, 0.15) is 5.75 Å². The molecule has 0 amide bonds. The highest BCUT2D eigenvalue weighted by atomic mass is 16.5. The summed E-state index contributed by atoms with van der Waals surface area (Å²) in [4.78, 5) is 0. The molecule has 2 aromatic carbocycles. The molecule has 25 heavy (non-hydrogen) atoms. The normalized spacial score (nSPS) is 11.8. The molecule has 0 fully saturated rings. The average Bonchev–Trinajstić information content (AvgIpc) is 2.66. The molecule has 0 aliphatic rings. The molecule has 2 aromatic rings. The van der Waals surface area contributed by atoms with Gasteiger partial charge in [-0.05, 0) is 68.1 Å². The minimum atomic E-state index is 0.474. The highest BCUT2D eigenvalue weighted by Gasteiger charge is 2.06. The van der Waals surface area contributed by atoms with Crippen molar-refractivity contribution in [3.8, 4) is 17.2 Å². The van der Waals surface area contributed by atoms with E-state index < -0.39 is 0 Å². The minimum absolute atomic E-state index is 0.474. The number of benzene rings is 2. The molecular weight excluding hydrogens is 314 g/mol. The average molecular weight is 343 g/mol. The molecule has 0 unspecified atom stereocenters. The summed E-state index contributed by atoms with van der Waals surface area (Å²) >= 11 is 0. The van der Waals surface area contributed by atoms with Gasteiger partial charge >= 0.3 is 0 Å². The fourth-order valence-corrected chi connectivity index (χ4v) is 2.78. The first-order valence-corrected chi connectivity index (χ1v) is 8.73. The fourth-order valence-electron chi connectivity index (χ4n) is 2.78. The van der Waals surface area contributed by atoms with Crippen molar-refractivity contribution >= 4 is 0 Å². The third-order valence-electron chi connectivity index (χ3n) is 4.38. The summed E-state index contributed by atoms with van der Waals surface area (Å²) in [5.74, 6) is 2.46. The Morgan fingerprint density at radius 2 is 1.48 bits per heavy atom. The van der Waals surface area contributed by atoms with Crippen molar-refractivity contribution in [2.24, 2.45) is 0 Å². The summed E-state index contributed by atoms with van der Waals surface area (Å²) in [5.41, 5.74) is 2.59. The molecule has 1 atom stereocenters. The molecule has 4 nitrogen and oxygen atoms in total. The van der Waals surface area contributed by atoms with Gasteiger partial charge in [-0.1, -0.05) is 18.2 Å². The van der Waals surface area contributed by atoms with Gasteiger partial charge in [0.15, 0.2) is 11.5 Å². The topological polar surface area (TPSA) is 39.7 Å². The maximum Gasteiger partial charge on any atom is 0.160 e. The van der Waals surface area contributed by atoms with Crippen LogP contribution in [0.3, 0.4) is 0 Å². The number of rotatable bonds is 10. The number of hydrogen-bond donors (Lipinski definition) is 1. The third-order valence-corrected chi connectivity index (χ3v) is 4.38. The molecule has 0 bridgehead atoms. The van der Waals surface area contributed by atoms with Crippen LogP contribution in [0.4, 0.5) is 0 Å². The zero-order chi connectivity index (χ0) is 18.1. The number of methoxy groups -OCH3 is 3. The van der Waals surface area contributed by atoms with E-state index in [9.17, 15) is 0 Å². The lowest BCUT2D eigenvalue weighted by molar-refractivity contribution is 0.354. The number of hydrogen-bond acceptors (Lipinski definition) is 4. The maximum absolute atomic E-state index is 5.35. The van der Waals surface area contributed by atoms with Crippen molar-refractivity contribution < 1.29 is 14.2 Å². The Bertz CT molecular complexity index is 640. The summed E-state index contributed by atoms with van der Waals surface area (Å²) in [6.45, 7) is 3.18. The van der Waals surface area contributed by atoms with E-state index in [1.165, 1.54) is 11.1 Å². The van der Waals surface area contributed by atoms with Gasteiger partial charge in [0, 0.05) is 6.04 Å². The summed E-state index contributed by atoms with van der Waals surface area (Å²) in [6, 6.07) is 14.9. The van der Waals surface area contributed by atoms with Crippen molar-refractivity contribution in [1.82, 2.24) is 5.32 Å². The second-order valence-corrected chi connectivity index (χ2v) is 6.18. The van der Waals surface area contributed by atoms with Gasteiger partial charge < -0.3 is 19.5 Å².